The van der Waals surface area contributed by atoms with E-state index in [2.05, 4.69) is 65.9 Å². The fraction of sp³-hybridized carbons (Fsp3) is 0.682. The van der Waals surface area contributed by atoms with Crippen LogP contribution in [0.2, 0.25) is 0 Å². The Morgan fingerprint density at radius 3 is 2.46 bits per heavy atom. The van der Waals surface area contributed by atoms with Crippen molar-refractivity contribution in [2.45, 2.75) is 58.2 Å². The van der Waals surface area contributed by atoms with E-state index in [-0.39, 0.29) is 0 Å². The molecule has 2 saturated heterocycles. The summed E-state index contributed by atoms with van der Waals surface area (Å²) in [6.07, 6.45) is 4.31. The summed E-state index contributed by atoms with van der Waals surface area (Å²) in [4.78, 5) is 19.3. The number of amides is 1. The van der Waals surface area contributed by atoms with Crippen LogP contribution in [0.1, 0.15) is 45.1 Å². The molecule has 0 aromatic heterocycles. The summed E-state index contributed by atoms with van der Waals surface area (Å²) in [5.74, 6) is 0.992. The lowest BCUT2D eigenvalue weighted by atomic mass is 9.94. The maximum atomic E-state index is 12.0. The third-order valence-electron chi connectivity index (χ3n) is 6.14. The van der Waals surface area contributed by atoms with Crippen LogP contribution < -0.4 is 0 Å². The van der Waals surface area contributed by atoms with Crippen LogP contribution in [0.5, 0.6) is 0 Å². The Morgan fingerprint density at radius 1 is 1.12 bits per heavy atom. The standard InChI is InChI=1S/C22H35N3O/c1-18(2)25-17-20(9-10-22(25)26)16-24-13-11-21(12-14-24)23(3)15-19-7-5-4-6-8-19/h4-8,18,20-21H,9-17H2,1-3H3. The van der Waals surface area contributed by atoms with Crippen LogP contribution in [0.15, 0.2) is 30.3 Å². The molecule has 0 radical (unpaired) electrons. The van der Waals surface area contributed by atoms with Gasteiger partial charge in [-0.1, -0.05) is 30.3 Å². The van der Waals surface area contributed by atoms with Crippen LogP contribution in [-0.2, 0) is 11.3 Å². The van der Waals surface area contributed by atoms with E-state index in [9.17, 15) is 4.79 Å². The zero-order valence-corrected chi connectivity index (χ0v) is 16.7. The average Bonchev–Trinajstić information content (AvgIpc) is 2.64. The molecular weight excluding hydrogens is 322 g/mol. The Kier molecular flexibility index (Phi) is 6.71. The highest BCUT2D eigenvalue weighted by molar-refractivity contribution is 5.77. The van der Waals surface area contributed by atoms with Crippen molar-refractivity contribution in [2.75, 3.05) is 33.2 Å². The molecule has 3 rings (SSSR count). The van der Waals surface area contributed by atoms with Crippen LogP contribution in [0.25, 0.3) is 0 Å². The summed E-state index contributed by atoms with van der Waals surface area (Å²) in [7, 11) is 2.26. The van der Waals surface area contributed by atoms with Crippen molar-refractivity contribution < 1.29 is 4.79 Å². The Labute approximate surface area is 159 Å². The number of rotatable bonds is 6. The summed E-state index contributed by atoms with van der Waals surface area (Å²) >= 11 is 0. The number of carbonyl (C=O) groups is 1. The SMILES string of the molecule is CC(C)N1CC(CN2CCC(N(C)Cc3ccccc3)CC2)CCC1=O. The Balaban J connectivity index is 1.43. The van der Waals surface area contributed by atoms with Gasteiger partial charge < -0.3 is 9.80 Å². The zero-order chi connectivity index (χ0) is 18.5. The normalized spacial score (nSPS) is 23.2. The minimum absolute atomic E-state index is 0.336. The van der Waals surface area contributed by atoms with Crippen molar-refractivity contribution in [3.8, 4) is 0 Å². The van der Waals surface area contributed by atoms with E-state index in [1.165, 1.54) is 31.5 Å². The number of carbonyl (C=O) groups excluding carboxylic acids is 1. The molecule has 1 aromatic rings. The lowest BCUT2D eigenvalue weighted by Crippen LogP contribution is -2.49. The molecule has 2 aliphatic heterocycles. The van der Waals surface area contributed by atoms with Gasteiger partial charge in [-0.2, -0.15) is 0 Å². The zero-order valence-electron chi connectivity index (χ0n) is 16.7. The van der Waals surface area contributed by atoms with E-state index < -0.39 is 0 Å². The van der Waals surface area contributed by atoms with Gasteiger partial charge in [-0.05, 0) is 64.7 Å². The van der Waals surface area contributed by atoms with Crippen LogP contribution in [0.3, 0.4) is 0 Å². The maximum Gasteiger partial charge on any atom is 0.222 e. The van der Waals surface area contributed by atoms with Gasteiger partial charge >= 0.3 is 0 Å². The lowest BCUT2D eigenvalue weighted by molar-refractivity contribution is -0.137. The van der Waals surface area contributed by atoms with Crippen molar-refractivity contribution in [3.05, 3.63) is 35.9 Å². The van der Waals surface area contributed by atoms with Gasteiger partial charge in [0.15, 0.2) is 0 Å². The molecule has 0 N–H and O–H groups in total. The van der Waals surface area contributed by atoms with Crippen molar-refractivity contribution in [3.63, 3.8) is 0 Å². The fourth-order valence-corrected chi connectivity index (χ4v) is 4.50. The van der Waals surface area contributed by atoms with E-state index >= 15 is 0 Å². The molecule has 1 aromatic carbocycles. The van der Waals surface area contributed by atoms with Crippen molar-refractivity contribution >= 4 is 5.91 Å². The van der Waals surface area contributed by atoms with E-state index in [1.54, 1.807) is 0 Å². The van der Waals surface area contributed by atoms with Gasteiger partial charge in [0.05, 0.1) is 0 Å². The highest BCUT2D eigenvalue weighted by atomic mass is 16.2. The van der Waals surface area contributed by atoms with Crippen LogP contribution in [-0.4, -0.2) is 65.9 Å². The number of likely N-dealkylation sites (tertiary alicyclic amines) is 2. The molecule has 144 valence electrons. The highest BCUT2D eigenvalue weighted by Gasteiger charge is 2.30. The second-order valence-corrected chi connectivity index (χ2v) is 8.48. The second kappa shape index (κ2) is 9.01. The molecule has 26 heavy (non-hydrogen) atoms. The first kappa shape index (κ1) is 19.4. The first-order valence-corrected chi connectivity index (χ1v) is 10.3. The fourth-order valence-electron chi connectivity index (χ4n) is 4.50. The highest BCUT2D eigenvalue weighted by Crippen LogP contribution is 2.23. The molecule has 4 heteroatoms. The Hall–Kier alpha value is -1.39. The minimum atomic E-state index is 0.336. The monoisotopic (exact) mass is 357 g/mol. The van der Waals surface area contributed by atoms with Gasteiger partial charge in [-0.15, -0.1) is 0 Å². The van der Waals surface area contributed by atoms with E-state index in [4.69, 9.17) is 0 Å². The van der Waals surface area contributed by atoms with Gasteiger partial charge in [0, 0.05) is 38.1 Å². The van der Waals surface area contributed by atoms with Gasteiger partial charge in [-0.3, -0.25) is 9.69 Å². The minimum Gasteiger partial charge on any atom is -0.340 e. The molecule has 0 spiro atoms. The second-order valence-electron chi connectivity index (χ2n) is 8.48. The number of hydrogen-bond donors (Lipinski definition) is 0. The molecular formula is C22H35N3O. The molecule has 1 unspecified atom stereocenters. The third kappa shape index (κ3) is 5.08. The van der Waals surface area contributed by atoms with Crippen LogP contribution >= 0.6 is 0 Å². The van der Waals surface area contributed by atoms with E-state index in [1.807, 2.05) is 0 Å². The molecule has 0 aliphatic carbocycles. The Bertz CT molecular complexity index is 566. The molecule has 1 amide bonds. The predicted octanol–water partition coefficient (Wildman–Crippen LogP) is 3.23. The van der Waals surface area contributed by atoms with Gasteiger partial charge in [0.1, 0.15) is 0 Å². The first-order valence-electron chi connectivity index (χ1n) is 10.3. The van der Waals surface area contributed by atoms with Crippen LogP contribution in [0, 0.1) is 5.92 Å². The smallest absolute Gasteiger partial charge is 0.222 e. The van der Waals surface area contributed by atoms with Crippen molar-refractivity contribution in [1.82, 2.24) is 14.7 Å². The summed E-state index contributed by atoms with van der Waals surface area (Å²) < 4.78 is 0. The molecule has 1 atom stereocenters. The first-order chi connectivity index (χ1) is 12.5. The predicted molar refractivity (Wildman–Crippen MR) is 107 cm³/mol. The number of hydrogen-bond acceptors (Lipinski definition) is 3. The average molecular weight is 358 g/mol. The van der Waals surface area contributed by atoms with Gasteiger partial charge in [-0.25, -0.2) is 0 Å². The number of nitrogens with zero attached hydrogens (tertiary/aromatic N) is 3. The molecule has 2 heterocycles. The molecule has 2 aliphatic rings. The molecule has 2 fully saturated rings. The number of benzene rings is 1. The van der Waals surface area contributed by atoms with E-state index in [0.29, 0.717) is 23.9 Å². The third-order valence-corrected chi connectivity index (χ3v) is 6.14. The summed E-state index contributed by atoms with van der Waals surface area (Å²) in [5, 5.41) is 0. The largest absolute Gasteiger partial charge is 0.340 e. The van der Waals surface area contributed by atoms with Crippen LogP contribution in [0.4, 0.5) is 0 Å². The lowest BCUT2D eigenvalue weighted by Gasteiger charge is -2.41. The summed E-state index contributed by atoms with van der Waals surface area (Å²) in [5.41, 5.74) is 1.40. The van der Waals surface area contributed by atoms with Gasteiger partial charge in [0.2, 0.25) is 5.91 Å². The number of piperidine rings is 2. The van der Waals surface area contributed by atoms with Crippen molar-refractivity contribution in [1.29, 1.82) is 0 Å². The molecule has 0 saturated carbocycles. The maximum absolute atomic E-state index is 12.0. The van der Waals surface area contributed by atoms with E-state index in [0.717, 1.165) is 32.5 Å². The molecule has 0 bridgehead atoms. The topological polar surface area (TPSA) is 26.8 Å². The summed E-state index contributed by atoms with van der Waals surface area (Å²) in [6.45, 7) is 9.80. The van der Waals surface area contributed by atoms with Gasteiger partial charge in [0.25, 0.3) is 0 Å². The quantitative estimate of drug-likeness (QED) is 0.782. The Morgan fingerprint density at radius 2 is 1.81 bits per heavy atom. The summed E-state index contributed by atoms with van der Waals surface area (Å²) in [6, 6.07) is 11.8. The molecule has 4 nitrogen and oxygen atoms in total. The van der Waals surface area contributed by atoms with Crippen molar-refractivity contribution in [2.24, 2.45) is 5.92 Å².